The van der Waals surface area contributed by atoms with E-state index >= 15 is 0 Å². The van der Waals surface area contributed by atoms with Crippen LogP contribution in [0.15, 0.2) is 60.2 Å². The molecule has 34 heavy (non-hydrogen) atoms. The summed E-state index contributed by atoms with van der Waals surface area (Å²) in [5.41, 5.74) is 1.21. The fraction of sp³-hybridized carbons (Fsp3) is 0.227. The Morgan fingerprint density at radius 2 is 1.85 bits per heavy atom. The molecule has 1 aromatic carbocycles. The Hall–Kier alpha value is -4.06. The normalized spacial score (nSPS) is 14.7. The number of nitrogens with one attached hydrogen (secondary N) is 1. The summed E-state index contributed by atoms with van der Waals surface area (Å²) in [6.07, 6.45) is 1.66. The van der Waals surface area contributed by atoms with E-state index in [9.17, 15) is 13.2 Å². The van der Waals surface area contributed by atoms with Crippen LogP contribution in [0.5, 0.6) is 0 Å². The summed E-state index contributed by atoms with van der Waals surface area (Å²) in [5.74, 6) is 0.953. The fourth-order valence-electron chi connectivity index (χ4n) is 3.45. The Morgan fingerprint density at radius 3 is 2.62 bits per heavy atom. The molecule has 5 rings (SSSR count). The van der Waals surface area contributed by atoms with Crippen molar-refractivity contribution in [1.29, 1.82) is 0 Å². The van der Waals surface area contributed by atoms with Gasteiger partial charge < -0.3 is 15.0 Å². The maximum absolute atomic E-state index is 13.0. The molecular weight excluding hydrogens is 449 g/mol. The average Bonchev–Trinajstić information content (AvgIpc) is 3.27. The molecular formula is C22H19F3N8O. The first-order valence-electron chi connectivity index (χ1n) is 10.4. The number of hydrogen-bond acceptors (Lipinski definition) is 8. The summed E-state index contributed by atoms with van der Waals surface area (Å²) in [7, 11) is 0. The quantitative estimate of drug-likeness (QED) is 0.447. The molecule has 0 amide bonds. The largest absolute Gasteiger partial charge is 0.416 e. The van der Waals surface area contributed by atoms with Gasteiger partial charge >= 0.3 is 6.18 Å². The van der Waals surface area contributed by atoms with Crippen molar-refractivity contribution in [2.75, 3.05) is 36.5 Å². The van der Waals surface area contributed by atoms with Crippen molar-refractivity contribution in [1.82, 2.24) is 24.6 Å². The fourth-order valence-corrected chi connectivity index (χ4v) is 3.45. The molecule has 0 bridgehead atoms. The number of fused-ring (bicyclic) bond motifs is 1. The second-order valence-electron chi connectivity index (χ2n) is 7.46. The number of nitrogens with zero attached hydrogens (tertiary/aromatic N) is 7. The number of anilines is 3. The molecule has 1 saturated heterocycles. The molecule has 0 radical (unpaired) electrons. The standard InChI is InChI=1S/C22H19F3N8O/c23-22(24,25)16-3-1-2-15(12-16)13-28-33-14-27-18-19(29-17-4-6-26-7-5-17)30-21(31-20(18)33)32-8-10-34-11-9-32/h1-7,12-14H,8-11H2,(H,26,29,30,31)/b28-13+. The number of hydrogen-bond donors (Lipinski definition) is 1. The van der Waals surface area contributed by atoms with Crippen LogP contribution in [0.4, 0.5) is 30.6 Å². The molecule has 4 aromatic rings. The molecule has 1 aliphatic heterocycles. The average molecular weight is 468 g/mol. The SMILES string of the molecule is FC(F)(F)c1cccc(/C=N/n2cnc3c(Nc4ccncc4)nc(N4CCOCC4)nc32)c1. The van der Waals surface area contributed by atoms with Crippen molar-refractivity contribution >= 4 is 34.8 Å². The number of pyridine rings is 1. The van der Waals surface area contributed by atoms with Gasteiger partial charge in [0.05, 0.1) is 25.0 Å². The van der Waals surface area contributed by atoms with E-state index in [1.165, 1.54) is 23.3 Å². The summed E-state index contributed by atoms with van der Waals surface area (Å²) < 4.78 is 45.9. The van der Waals surface area contributed by atoms with Crippen molar-refractivity contribution in [2.45, 2.75) is 6.18 Å². The molecule has 0 saturated carbocycles. The van der Waals surface area contributed by atoms with E-state index < -0.39 is 11.7 Å². The maximum Gasteiger partial charge on any atom is 0.416 e. The number of benzene rings is 1. The zero-order valence-corrected chi connectivity index (χ0v) is 17.8. The zero-order chi connectivity index (χ0) is 23.5. The smallest absolute Gasteiger partial charge is 0.378 e. The van der Waals surface area contributed by atoms with Crippen LogP contribution in [0.3, 0.4) is 0 Å². The number of alkyl halides is 3. The number of morpholine rings is 1. The van der Waals surface area contributed by atoms with E-state index in [4.69, 9.17) is 4.74 Å². The van der Waals surface area contributed by atoms with Gasteiger partial charge in [-0.15, -0.1) is 0 Å². The molecule has 1 N–H and O–H groups in total. The summed E-state index contributed by atoms with van der Waals surface area (Å²) in [6.45, 7) is 2.37. The van der Waals surface area contributed by atoms with Crippen LogP contribution in [0.1, 0.15) is 11.1 Å². The number of ether oxygens (including phenoxy) is 1. The third-order valence-corrected chi connectivity index (χ3v) is 5.15. The van der Waals surface area contributed by atoms with Gasteiger partial charge in [0.15, 0.2) is 17.0 Å². The van der Waals surface area contributed by atoms with Gasteiger partial charge in [0, 0.05) is 31.2 Å². The van der Waals surface area contributed by atoms with Gasteiger partial charge in [-0.05, 0) is 29.8 Å². The first kappa shape index (κ1) is 21.8. The van der Waals surface area contributed by atoms with Gasteiger partial charge in [0.25, 0.3) is 0 Å². The van der Waals surface area contributed by atoms with E-state index in [-0.39, 0.29) is 0 Å². The van der Waals surface area contributed by atoms with Crippen molar-refractivity contribution in [3.8, 4) is 0 Å². The minimum absolute atomic E-state index is 0.300. The van der Waals surface area contributed by atoms with Crippen molar-refractivity contribution in [3.05, 3.63) is 66.2 Å². The first-order valence-corrected chi connectivity index (χ1v) is 10.4. The predicted octanol–water partition coefficient (Wildman–Crippen LogP) is 3.70. The molecule has 9 nitrogen and oxygen atoms in total. The van der Waals surface area contributed by atoms with Crippen LogP contribution in [0.2, 0.25) is 0 Å². The summed E-state index contributed by atoms with van der Waals surface area (Å²) >= 11 is 0. The highest BCUT2D eigenvalue weighted by molar-refractivity contribution is 5.87. The van der Waals surface area contributed by atoms with Crippen molar-refractivity contribution in [3.63, 3.8) is 0 Å². The molecule has 174 valence electrons. The molecule has 1 fully saturated rings. The molecule has 1 aliphatic rings. The summed E-state index contributed by atoms with van der Waals surface area (Å²) in [4.78, 5) is 19.7. The highest BCUT2D eigenvalue weighted by Crippen LogP contribution is 2.29. The lowest BCUT2D eigenvalue weighted by molar-refractivity contribution is -0.137. The Kier molecular flexibility index (Phi) is 5.80. The molecule has 4 heterocycles. The van der Waals surface area contributed by atoms with Gasteiger partial charge in [-0.2, -0.15) is 28.2 Å². The van der Waals surface area contributed by atoms with Crippen molar-refractivity contribution in [2.24, 2.45) is 5.10 Å². The second kappa shape index (κ2) is 9.06. The highest BCUT2D eigenvalue weighted by atomic mass is 19.4. The van der Waals surface area contributed by atoms with Crippen molar-refractivity contribution < 1.29 is 17.9 Å². The molecule has 0 atom stereocenters. The number of imidazole rings is 1. The van der Waals surface area contributed by atoms with E-state index in [0.29, 0.717) is 54.8 Å². The van der Waals surface area contributed by atoms with Crippen LogP contribution in [-0.2, 0) is 10.9 Å². The van der Waals surface area contributed by atoms with E-state index in [1.807, 2.05) is 4.90 Å². The third kappa shape index (κ3) is 4.66. The van der Waals surface area contributed by atoms with E-state index in [1.54, 1.807) is 30.6 Å². The van der Waals surface area contributed by atoms with Gasteiger partial charge in [-0.3, -0.25) is 4.98 Å². The summed E-state index contributed by atoms with van der Waals surface area (Å²) in [5, 5.41) is 7.55. The maximum atomic E-state index is 13.0. The lowest BCUT2D eigenvalue weighted by Gasteiger charge is -2.27. The molecule has 12 heteroatoms. The minimum Gasteiger partial charge on any atom is -0.378 e. The monoisotopic (exact) mass is 468 g/mol. The minimum atomic E-state index is -4.43. The number of halogens is 3. The van der Waals surface area contributed by atoms with Gasteiger partial charge in [-0.1, -0.05) is 12.1 Å². The molecule has 0 spiro atoms. The Bertz CT molecular complexity index is 1320. The first-order chi connectivity index (χ1) is 16.5. The summed E-state index contributed by atoms with van der Waals surface area (Å²) in [6, 6.07) is 8.53. The third-order valence-electron chi connectivity index (χ3n) is 5.15. The van der Waals surface area contributed by atoms with Crippen LogP contribution in [-0.4, -0.2) is 57.1 Å². The van der Waals surface area contributed by atoms with Crippen LogP contribution in [0, 0.1) is 0 Å². The molecule has 3 aromatic heterocycles. The number of rotatable bonds is 5. The lowest BCUT2D eigenvalue weighted by Crippen LogP contribution is -2.37. The Balaban J connectivity index is 1.54. The Morgan fingerprint density at radius 1 is 1.06 bits per heavy atom. The molecule has 0 unspecified atom stereocenters. The highest BCUT2D eigenvalue weighted by Gasteiger charge is 2.30. The lowest BCUT2D eigenvalue weighted by atomic mass is 10.1. The van der Waals surface area contributed by atoms with E-state index in [2.05, 4.69) is 30.4 Å². The van der Waals surface area contributed by atoms with Gasteiger partial charge in [-0.25, -0.2) is 9.66 Å². The Labute approximate surface area is 191 Å². The topological polar surface area (TPSA) is 93.4 Å². The second-order valence-corrected chi connectivity index (χ2v) is 7.46. The van der Waals surface area contributed by atoms with Crippen LogP contribution in [0.25, 0.3) is 11.2 Å². The van der Waals surface area contributed by atoms with Crippen LogP contribution < -0.4 is 10.2 Å². The van der Waals surface area contributed by atoms with Gasteiger partial charge in [0.2, 0.25) is 5.95 Å². The van der Waals surface area contributed by atoms with Crippen LogP contribution >= 0.6 is 0 Å². The van der Waals surface area contributed by atoms with Gasteiger partial charge in [0.1, 0.15) is 6.33 Å². The predicted molar refractivity (Wildman–Crippen MR) is 120 cm³/mol. The number of aromatic nitrogens is 5. The zero-order valence-electron chi connectivity index (χ0n) is 17.8. The molecule has 0 aliphatic carbocycles. The van der Waals surface area contributed by atoms with E-state index in [0.717, 1.165) is 17.8 Å².